The lowest BCUT2D eigenvalue weighted by molar-refractivity contribution is -0.174. The van der Waals surface area contributed by atoms with Gasteiger partial charge in [-0.3, -0.25) is 18.9 Å². The van der Waals surface area contributed by atoms with Crippen molar-refractivity contribution in [3.8, 4) is 0 Å². The molecule has 1 aromatic rings. The van der Waals surface area contributed by atoms with E-state index in [4.69, 9.17) is 18.9 Å². The van der Waals surface area contributed by atoms with Gasteiger partial charge in [-0.1, -0.05) is 18.2 Å². The molecule has 0 spiro atoms. The van der Waals surface area contributed by atoms with Gasteiger partial charge in [-0.2, -0.15) is 0 Å². The first-order valence-corrected chi connectivity index (χ1v) is 15.2. The second-order valence-corrected chi connectivity index (χ2v) is 15.6. The summed E-state index contributed by atoms with van der Waals surface area (Å²) in [7, 11) is -5.26. The number of anilines is 1. The molecule has 0 fully saturated rings. The van der Waals surface area contributed by atoms with Crippen molar-refractivity contribution in [2.75, 3.05) is 25.3 Å². The molecule has 1 aliphatic heterocycles. The molecule has 0 amide bonds. The zero-order valence-corrected chi connectivity index (χ0v) is 26.7. The van der Waals surface area contributed by atoms with E-state index in [1.165, 1.54) is 0 Å². The number of esters is 4. The van der Waals surface area contributed by atoms with E-state index >= 15 is 0 Å². The number of nitrogens with one attached hydrogen (secondary N) is 1. The average Bonchev–Trinajstić information content (AvgIpc) is 2.85. The molecular formula is C29H44NO11P. The summed E-state index contributed by atoms with van der Waals surface area (Å²) in [6.07, 6.45) is -0.228. The minimum atomic E-state index is -5.26. The van der Waals surface area contributed by atoms with Crippen molar-refractivity contribution in [2.24, 2.45) is 16.2 Å². The summed E-state index contributed by atoms with van der Waals surface area (Å²) in [6.45, 7) is 12.2. The van der Waals surface area contributed by atoms with Crippen LogP contribution in [0.15, 0.2) is 24.3 Å². The quantitative estimate of drug-likeness (QED) is 0.157. The fourth-order valence-corrected chi connectivity index (χ4v) is 5.21. The van der Waals surface area contributed by atoms with Crippen molar-refractivity contribution in [3.63, 3.8) is 0 Å². The van der Waals surface area contributed by atoms with Crippen LogP contribution in [0, 0.1) is 16.2 Å². The van der Waals surface area contributed by atoms with Gasteiger partial charge >= 0.3 is 31.5 Å². The predicted molar refractivity (Wildman–Crippen MR) is 153 cm³/mol. The van der Waals surface area contributed by atoms with E-state index in [0.29, 0.717) is 11.3 Å². The van der Waals surface area contributed by atoms with Crippen LogP contribution in [0.5, 0.6) is 0 Å². The number of hydrogen-bond donors (Lipinski definition) is 3. The van der Waals surface area contributed by atoms with Gasteiger partial charge in [-0.05, 0) is 80.4 Å². The summed E-state index contributed by atoms with van der Waals surface area (Å²) in [6, 6.07) is 5.43. The number of ether oxygens (including phenoxy) is 4. The Labute approximate surface area is 247 Å². The molecule has 3 N–H and O–H groups in total. The van der Waals surface area contributed by atoms with Gasteiger partial charge in [0.1, 0.15) is 24.4 Å². The molecule has 0 saturated carbocycles. The number of fused-ring (bicyclic) bond motifs is 1. The second-order valence-electron chi connectivity index (χ2n) is 13.6. The molecule has 12 nitrogen and oxygen atoms in total. The summed E-state index contributed by atoms with van der Waals surface area (Å²) in [5.41, 5.74) is -2.01. The van der Waals surface area contributed by atoms with E-state index in [2.05, 4.69) is 5.32 Å². The molecule has 0 bridgehead atoms. The smallest absolute Gasteiger partial charge is 0.339 e. The minimum absolute atomic E-state index is 0.228. The number of carbonyl (C=O) groups excluding carboxylic acids is 4. The third kappa shape index (κ3) is 8.55. The molecule has 42 heavy (non-hydrogen) atoms. The van der Waals surface area contributed by atoms with E-state index in [-0.39, 0.29) is 6.42 Å². The Kier molecular flexibility index (Phi) is 10.7. The highest BCUT2D eigenvalue weighted by molar-refractivity contribution is 7.53. The van der Waals surface area contributed by atoms with E-state index < -0.39 is 84.8 Å². The molecule has 1 aromatic carbocycles. The molecule has 0 aliphatic carbocycles. The Morgan fingerprint density at radius 1 is 0.786 bits per heavy atom. The lowest BCUT2D eigenvalue weighted by Gasteiger charge is -2.44. The molecule has 13 heteroatoms. The highest BCUT2D eigenvalue weighted by atomic mass is 31.2. The summed E-state index contributed by atoms with van der Waals surface area (Å²) in [5, 5.41) is 0.754. The van der Waals surface area contributed by atoms with Crippen molar-refractivity contribution >= 4 is 37.2 Å². The Balaban J connectivity index is 2.55. The first-order valence-electron chi connectivity index (χ1n) is 13.6. The molecule has 1 aliphatic rings. The summed E-state index contributed by atoms with van der Waals surface area (Å²) < 4.78 is 34.6. The van der Waals surface area contributed by atoms with Crippen LogP contribution in [0.25, 0.3) is 0 Å². The molecule has 0 radical (unpaired) electrons. The largest absolute Gasteiger partial charge is 0.464 e. The van der Waals surface area contributed by atoms with Crippen LogP contribution in [0.1, 0.15) is 80.2 Å². The fourth-order valence-electron chi connectivity index (χ4n) is 4.09. The maximum atomic E-state index is 13.4. The molecule has 236 valence electrons. The Morgan fingerprint density at radius 2 is 1.24 bits per heavy atom. The van der Waals surface area contributed by atoms with Crippen LogP contribution in [-0.2, 0) is 42.7 Å². The van der Waals surface area contributed by atoms with Gasteiger partial charge in [-0.15, -0.1) is 0 Å². The Morgan fingerprint density at radius 3 is 1.69 bits per heavy atom. The van der Waals surface area contributed by atoms with Crippen LogP contribution in [0.2, 0.25) is 0 Å². The van der Waals surface area contributed by atoms with Gasteiger partial charge < -0.3 is 34.1 Å². The average molecular weight is 614 g/mol. The van der Waals surface area contributed by atoms with Crippen molar-refractivity contribution in [2.45, 2.75) is 85.9 Å². The highest BCUT2D eigenvalue weighted by Crippen LogP contribution is 2.61. The molecule has 1 heterocycles. The molecule has 0 aromatic heterocycles. The van der Waals surface area contributed by atoms with Gasteiger partial charge in [0, 0.05) is 11.6 Å². The molecule has 2 rings (SSSR count). The lowest BCUT2D eigenvalue weighted by Crippen LogP contribution is -2.51. The normalized spacial score (nSPS) is 17.8. The maximum Gasteiger partial charge on any atom is 0.339 e. The number of para-hydroxylation sites is 1. The first-order chi connectivity index (χ1) is 19.0. The second kappa shape index (κ2) is 12.7. The van der Waals surface area contributed by atoms with Crippen molar-refractivity contribution in [1.82, 2.24) is 0 Å². The Bertz CT molecular complexity index is 1190. The summed E-state index contributed by atoms with van der Waals surface area (Å²) in [5.74, 6) is -4.01. The lowest BCUT2D eigenvalue weighted by atomic mass is 9.77. The Hall–Kier alpha value is -2.95. The van der Waals surface area contributed by atoms with Gasteiger partial charge in [0.15, 0.2) is 0 Å². The predicted octanol–water partition coefficient (Wildman–Crippen LogP) is 4.14. The summed E-state index contributed by atoms with van der Waals surface area (Å²) in [4.78, 5) is 72.5. The highest BCUT2D eigenvalue weighted by Gasteiger charge is 2.58. The third-order valence-corrected chi connectivity index (χ3v) is 8.52. The van der Waals surface area contributed by atoms with Crippen LogP contribution >= 0.6 is 7.60 Å². The molecule has 0 saturated heterocycles. The van der Waals surface area contributed by atoms with Crippen LogP contribution < -0.4 is 5.32 Å². The molecule has 2 atom stereocenters. The number of rotatable bonds is 9. The molecular weight excluding hydrogens is 569 g/mol. The van der Waals surface area contributed by atoms with E-state index in [1.54, 1.807) is 86.6 Å². The van der Waals surface area contributed by atoms with Crippen LogP contribution in [0.4, 0.5) is 5.69 Å². The van der Waals surface area contributed by atoms with E-state index in [0.717, 1.165) is 0 Å². The first kappa shape index (κ1) is 35.2. The number of hydrogen-bond acceptors (Lipinski definition) is 10. The van der Waals surface area contributed by atoms with Crippen molar-refractivity contribution in [1.29, 1.82) is 0 Å². The van der Waals surface area contributed by atoms with Crippen LogP contribution in [0.3, 0.4) is 0 Å². The van der Waals surface area contributed by atoms with Crippen LogP contribution in [-0.4, -0.2) is 64.9 Å². The van der Waals surface area contributed by atoms with E-state index in [1.807, 2.05) is 0 Å². The van der Waals surface area contributed by atoms with Gasteiger partial charge in [-0.25, -0.2) is 4.79 Å². The zero-order valence-electron chi connectivity index (χ0n) is 25.8. The van der Waals surface area contributed by atoms with Crippen molar-refractivity contribution < 1.29 is 52.5 Å². The summed E-state index contributed by atoms with van der Waals surface area (Å²) >= 11 is 0. The zero-order chi connectivity index (χ0) is 32.3. The maximum absolute atomic E-state index is 13.4. The van der Waals surface area contributed by atoms with Gasteiger partial charge in [0.05, 0.1) is 16.2 Å². The number of carbonyl (C=O) groups is 4. The number of benzene rings is 1. The standard InChI is InChI=1S/C29H44NO11P/c1-26(2,3)23(32)38-15-29(42(35,36)37,16-39-24(33)27(4,5)6)19-14-21(30-20-13-11-10-12-18(19)20)22(31)40-17-41-25(34)28(7,8)9/h10-13,19,21,30H,14-17H2,1-9H3,(H2,35,36,37). The van der Waals surface area contributed by atoms with E-state index in [9.17, 15) is 33.5 Å². The van der Waals surface area contributed by atoms with Crippen molar-refractivity contribution in [3.05, 3.63) is 29.8 Å². The van der Waals surface area contributed by atoms with Gasteiger partial charge in [0.2, 0.25) is 6.79 Å². The third-order valence-electron chi connectivity index (χ3n) is 6.79. The monoisotopic (exact) mass is 613 g/mol. The topological polar surface area (TPSA) is 175 Å². The molecule has 2 unspecified atom stereocenters. The fraction of sp³-hybridized carbons (Fsp3) is 0.655. The SMILES string of the molecule is CC(C)(C)C(=O)OCOC(=O)C1CC(C(COC(=O)C(C)(C)C)(COC(=O)C(C)(C)C)P(=O)(O)O)c2ccccc2N1. The minimum Gasteiger partial charge on any atom is -0.464 e. The van der Waals surface area contributed by atoms with Gasteiger partial charge in [0.25, 0.3) is 0 Å².